The number of carbonyl (C=O) groups excluding carboxylic acids is 1. The summed E-state index contributed by atoms with van der Waals surface area (Å²) >= 11 is 3.51. The Kier molecular flexibility index (Phi) is 4.88. The van der Waals surface area contributed by atoms with Gasteiger partial charge in [0.05, 0.1) is 6.26 Å². The minimum absolute atomic E-state index is 0.222. The van der Waals surface area contributed by atoms with Gasteiger partial charge in [-0.3, -0.25) is 4.90 Å². The van der Waals surface area contributed by atoms with E-state index in [1.54, 1.807) is 4.90 Å². The van der Waals surface area contributed by atoms with Gasteiger partial charge in [-0.15, -0.1) is 0 Å². The Hall–Kier alpha value is -1.53. The molecule has 1 aliphatic rings. The number of fused-ring (bicyclic) bond motifs is 1. The zero-order valence-electron chi connectivity index (χ0n) is 14.3. The molecule has 1 aromatic heterocycles. The number of hydrogen-bond acceptors (Lipinski definition) is 4. The van der Waals surface area contributed by atoms with Crippen molar-refractivity contribution in [3.05, 3.63) is 34.5 Å². The van der Waals surface area contributed by atoms with E-state index in [1.807, 2.05) is 39.2 Å². The van der Waals surface area contributed by atoms with Gasteiger partial charge in [-0.05, 0) is 39.0 Å². The molecule has 0 saturated carbocycles. The maximum Gasteiger partial charge on any atom is 0.410 e. The number of hydrogen-bond donors (Lipinski definition) is 0. The molecule has 1 aliphatic heterocycles. The molecule has 6 heteroatoms. The summed E-state index contributed by atoms with van der Waals surface area (Å²) < 4.78 is 12.1. The minimum atomic E-state index is -0.447. The van der Waals surface area contributed by atoms with Crippen molar-refractivity contribution in [2.24, 2.45) is 0 Å². The summed E-state index contributed by atoms with van der Waals surface area (Å²) in [7, 11) is 0. The van der Waals surface area contributed by atoms with E-state index in [2.05, 4.69) is 26.9 Å². The average molecular weight is 395 g/mol. The first kappa shape index (κ1) is 17.3. The smallest absolute Gasteiger partial charge is 0.410 e. The summed E-state index contributed by atoms with van der Waals surface area (Å²) in [6, 6.07) is 6.05. The summed E-state index contributed by atoms with van der Waals surface area (Å²) in [5.74, 6) is 0. The third kappa shape index (κ3) is 4.11. The van der Waals surface area contributed by atoms with Crippen LogP contribution < -0.4 is 0 Å². The average Bonchev–Trinajstić information content (AvgIpc) is 2.88. The second-order valence-electron chi connectivity index (χ2n) is 7.14. The van der Waals surface area contributed by atoms with Crippen LogP contribution in [0.4, 0.5) is 4.79 Å². The van der Waals surface area contributed by atoms with Crippen molar-refractivity contribution in [2.75, 3.05) is 26.2 Å². The van der Waals surface area contributed by atoms with Gasteiger partial charge >= 0.3 is 6.09 Å². The topological polar surface area (TPSA) is 45.9 Å². The van der Waals surface area contributed by atoms with Crippen molar-refractivity contribution in [2.45, 2.75) is 32.9 Å². The number of furan rings is 1. The summed E-state index contributed by atoms with van der Waals surface area (Å²) in [6.07, 6.45) is 1.61. The first-order valence-electron chi connectivity index (χ1n) is 8.18. The molecule has 0 radical (unpaired) electrons. The molecule has 0 aliphatic carbocycles. The molecule has 0 unspecified atom stereocenters. The number of amides is 1. The Labute approximate surface area is 150 Å². The molecule has 1 fully saturated rings. The van der Waals surface area contributed by atoms with Gasteiger partial charge in [0.15, 0.2) is 0 Å². The van der Waals surface area contributed by atoms with E-state index >= 15 is 0 Å². The predicted octanol–water partition coefficient (Wildman–Crippen LogP) is 4.25. The van der Waals surface area contributed by atoms with Crippen LogP contribution in [-0.4, -0.2) is 47.7 Å². The number of ether oxygens (including phenoxy) is 1. The van der Waals surface area contributed by atoms with Crippen molar-refractivity contribution >= 4 is 33.0 Å². The van der Waals surface area contributed by atoms with Gasteiger partial charge in [-0.2, -0.15) is 0 Å². The third-order valence-corrected chi connectivity index (χ3v) is 4.53. The fraction of sp³-hybridized carbons (Fsp3) is 0.500. The lowest BCUT2D eigenvalue weighted by Gasteiger charge is -2.35. The van der Waals surface area contributed by atoms with Crippen LogP contribution in [0.15, 0.2) is 33.4 Å². The summed E-state index contributed by atoms with van der Waals surface area (Å²) in [4.78, 5) is 16.2. The number of halogens is 1. The highest BCUT2D eigenvalue weighted by atomic mass is 79.9. The minimum Gasteiger partial charge on any atom is -0.464 e. The van der Waals surface area contributed by atoms with E-state index in [1.165, 1.54) is 5.56 Å². The van der Waals surface area contributed by atoms with E-state index in [-0.39, 0.29) is 6.09 Å². The highest BCUT2D eigenvalue weighted by Crippen LogP contribution is 2.26. The van der Waals surface area contributed by atoms with E-state index in [9.17, 15) is 4.79 Å². The monoisotopic (exact) mass is 394 g/mol. The molecule has 0 N–H and O–H groups in total. The SMILES string of the molecule is CC(C)(C)OC(=O)N1CCN(Cc2coc3ccc(Br)cc23)CC1. The fourth-order valence-electron chi connectivity index (χ4n) is 2.83. The second kappa shape index (κ2) is 6.76. The number of rotatable bonds is 2. The molecular weight excluding hydrogens is 372 g/mol. The van der Waals surface area contributed by atoms with E-state index in [4.69, 9.17) is 9.15 Å². The van der Waals surface area contributed by atoms with Gasteiger partial charge in [0.1, 0.15) is 11.2 Å². The molecule has 2 aromatic rings. The van der Waals surface area contributed by atoms with Crippen molar-refractivity contribution in [3.63, 3.8) is 0 Å². The molecule has 1 saturated heterocycles. The Morgan fingerprint density at radius 1 is 1.25 bits per heavy atom. The number of piperazine rings is 1. The van der Waals surface area contributed by atoms with Gasteiger partial charge in [-0.1, -0.05) is 15.9 Å². The maximum absolute atomic E-state index is 12.1. The van der Waals surface area contributed by atoms with Gasteiger partial charge < -0.3 is 14.1 Å². The Morgan fingerprint density at radius 3 is 2.62 bits per heavy atom. The molecule has 0 atom stereocenters. The van der Waals surface area contributed by atoms with E-state index in [0.29, 0.717) is 13.1 Å². The van der Waals surface area contributed by atoms with Gasteiger partial charge in [0.25, 0.3) is 0 Å². The lowest BCUT2D eigenvalue weighted by atomic mass is 10.1. The lowest BCUT2D eigenvalue weighted by molar-refractivity contribution is 0.0139. The van der Waals surface area contributed by atoms with Crippen LogP contribution in [0, 0.1) is 0 Å². The molecular formula is C18H23BrN2O3. The van der Waals surface area contributed by atoms with Crippen LogP contribution in [0.1, 0.15) is 26.3 Å². The molecule has 24 heavy (non-hydrogen) atoms. The third-order valence-electron chi connectivity index (χ3n) is 4.03. The van der Waals surface area contributed by atoms with Crippen molar-refractivity contribution < 1.29 is 13.9 Å². The largest absolute Gasteiger partial charge is 0.464 e. The van der Waals surface area contributed by atoms with E-state index in [0.717, 1.165) is 35.1 Å². The van der Waals surface area contributed by atoms with Crippen LogP contribution in [0.2, 0.25) is 0 Å². The first-order chi connectivity index (χ1) is 11.3. The highest BCUT2D eigenvalue weighted by Gasteiger charge is 2.26. The van der Waals surface area contributed by atoms with Crippen LogP contribution in [0.25, 0.3) is 11.0 Å². The molecule has 1 amide bonds. The lowest BCUT2D eigenvalue weighted by Crippen LogP contribution is -2.49. The van der Waals surface area contributed by atoms with Crippen molar-refractivity contribution in [1.29, 1.82) is 0 Å². The quantitative estimate of drug-likeness (QED) is 0.763. The first-order valence-corrected chi connectivity index (χ1v) is 8.97. The number of carbonyl (C=O) groups is 1. The fourth-order valence-corrected chi connectivity index (χ4v) is 3.19. The molecule has 3 rings (SSSR count). The molecule has 5 nitrogen and oxygen atoms in total. The second-order valence-corrected chi connectivity index (χ2v) is 8.06. The number of benzene rings is 1. The van der Waals surface area contributed by atoms with Crippen LogP contribution in [0.3, 0.4) is 0 Å². The molecule has 1 aromatic carbocycles. The van der Waals surface area contributed by atoms with Crippen molar-refractivity contribution in [1.82, 2.24) is 9.80 Å². The Morgan fingerprint density at radius 2 is 1.96 bits per heavy atom. The number of nitrogens with zero attached hydrogens (tertiary/aromatic N) is 2. The van der Waals surface area contributed by atoms with Gasteiger partial charge in [-0.25, -0.2) is 4.79 Å². The van der Waals surface area contributed by atoms with E-state index < -0.39 is 5.60 Å². The zero-order chi connectivity index (χ0) is 17.3. The summed E-state index contributed by atoms with van der Waals surface area (Å²) in [5.41, 5.74) is 1.63. The van der Waals surface area contributed by atoms with Gasteiger partial charge in [0.2, 0.25) is 0 Å². The molecule has 0 spiro atoms. The standard InChI is InChI=1S/C18H23BrN2O3/c1-18(2,3)24-17(22)21-8-6-20(7-9-21)11-13-12-23-16-5-4-14(19)10-15(13)16/h4-5,10,12H,6-9,11H2,1-3H3. The summed E-state index contributed by atoms with van der Waals surface area (Å²) in [6.45, 7) is 9.55. The maximum atomic E-state index is 12.1. The van der Waals surface area contributed by atoms with Gasteiger partial charge in [0, 0.05) is 48.1 Å². The highest BCUT2D eigenvalue weighted by molar-refractivity contribution is 9.10. The summed E-state index contributed by atoms with van der Waals surface area (Å²) in [5, 5.41) is 1.14. The molecule has 0 bridgehead atoms. The Balaban J connectivity index is 1.59. The molecule has 2 heterocycles. The van der Waals surface area contributed by atoms with Crippen LogP contribution >= 0.6 is 15.9 Å². The normalized spacial score (nSPS) is 16.6. The predicted molar refractivity (Wildman–Crippen MR) is 97.0 cm³/mol. The molecule has 130 valence electrons. The Bertz CT molecular complexity index is 727. The zero-order valence-corrected chi connectivity index (χ0v) is 15.9. The van der Waals surface area contributed by atoms with Crippen LogP contribution in [0.5, 0.6) is 0 Å². The van der Waals surface area contributed by atoms with Crippen LogP contribution in [-0.2, 0) is 11.3 Å². The van der Waals surface area contributed by atoms with Crippen molar-refractivity contribution in [3.8, 4) is 0 Å².